The van der Waals surface area contributed by atoms with E-state index in [4.69, 9.17) is 37.4 Å². The molecule has 1 heterocycles. The second-order valence-corrected chi connectivity index (χ2v) is 13.9. The Morgan fingerprint density at radius 1 is 0.905 bits per heavy atom. The van der Waals surface area contributed by atoms with Gasteiger partial charge in [0.05, 0.1) is 6.61 Å². The van der Waals surface area contributed by atoms with E-state index in [1.165, 1.54) is 0 Å². The fraction of sp³-hybridized carbons (Fsp3) is 0.429. The Bertz CT molecular complexity index is 1480. The van der Waals surface area contributed by atoms with E-state index >= 15 is 0 Å². The normalized spacial score (nSPS) is 19.7. The Kier molecular flexibility index (Phi) is 8.39. The van der Waals surface area contributed by atoms with Crippen molar-refractivity contribution in [1.29, 1.82) is 0 Å². The predicted octanol–water partition coefficient (Wildman–Crippen LogP) is 9.10. The smallest absolute Gasteiger partial charge is 0.165 e. The average molecular weight is 610 g/mol. The maximum absolute atomic E-state index is 13.8. The van der Waals surface area contributed by atoms with Gasteiger partial charge in [0.25, 0.3) is 0 Å². The standard InChI is InChI=1S/C35H38Cl2O5/c1-7-9-20-12-22(13-27(40-8-2)33(20)41-19-21-10-11-23(36)14-24(21)37)30-31-25(38)15-34(3,4)17-28(31)42-29-18-35(5,6)16-26(39)32(29)30/h7,10-14,30H,1,8-9,15-19H2,2-6H3. The maximum Gasteiger partial charge on any atom is 0.165 e. The molecule has 222 valence electrons. The summed E-state index contributed by atoms with van der Waals surface area (Å²) in [6, 6.07) is 9.24. The molecule has 0 spiro atoms. The third-order valence-electron chi connectivity index (χ3n) is 8.12. The van der Waals surface area contributed by atoms with Crippen LogP contribution >= 0.6 is 23.2 Å². The molecule has 0 amide bonds. The van der Waals surface area contributed by atoms with Crippen molar-refractivity contribution >= 4 is 34.8 Å². The highest BCUT2D eigenvalue weighted by Gasteiger charge is 2.48. The molecule has 0 radical (unpaired) electrons. The molecule has 7 heteroatoms. The molecule has 0 N–H and O–H groups in total. The number of allylic oxidation sites excluding steroid dienone is 5. The summed E-state index contributed by atoms with van der Waals surface area (Å²) in [6.45, 7) is 14.8. The monoisotopic (exact) mass is 608 g/mol. The predicted molar refractivity (Wildman–Crippen MR) is 166 cm³/mol. The highest BCUT2D eigenvalue weighted by atomic mass is 35.5. The second kappa shape index (κ2) is 11.6. The SMILES string of the molecule is C=CCc1cc(C2C3=C(CC(C)(C)CC3=O)OC3=C2C(=O)CC(C)(C)C3)cc(OCC)c1OCc1ccc(Cl)cc1Cl. The summed E-state index contributed by atoms with van der Waals surface area (Å²) < 4.78 is 19.0. The van der Waals surface area contributed by atoms with Gasteiger partial charge in [-0.1, -0.05) is 69.1 Å². The number of hydrogen-bond donors (Lipinski definition) is 0. The number of carbonyl (C=O) groups excluding carboxylic acids is 2. The topological polar surface area (TPSA) is 61.8 Å². The first-order chi connectivity index (χ1) is 19.8. The molecule has 5 nitrogen and oxygen atoms in total. The molecule has 0 saturated heterocycles. The average Bonchev–Trinajstić information content (AvgIpc) is 2.86. The van der Waals surface area contributed by atoms with Gasteiger partial charge in [-0.2, -0.15) is 0 Å². The largest absolute Gasteiger partial charge is 0.490 e. The first-order valence-electron chi connectivity index (χ1n) is 14.5. The van der Waals surface area contributed by atoms with Crippen LogP contribution in [0.25, 0.3) is 0 Å². The molecule has 1 aliphatic heterocycles. The first-order valence-corrected chi connectivity index (χ1v) is 15.3. The fourth-order valence-corrected chi connectivity index (χ4v) is 6.84. The third-order valence-corrected chi connectivity index (χ3v) is 8.71. The van der Waals surface area contributed by atoms with Gasteiger partial charge < -0.3 is 14.2 Å². The molecule has 3 aliphatic rings. The molecule has 2 aromatic carbocycles. The number of rotatable bonds is 8. The minimum absolute atomic E-state index is 0.0244. The zero-order valence-corrected chi connectivity index (χ0v) is 26.5. The van der Waals surface area contributed by atoms with Crippen LogP contribution in [0.1, 0.15) is 82.9 Å². The quantitative estimate of drug-likeness (QED) is 0.280. The molecule has 0 atom stereocenters. The van der Waals surface area contributed by atoms with Crippen LogP contribution in [0, 0.1) is 10.8 Å². The van der Waals surface area contributed by atoms with Crippen molar-refractivity contribution < 1.29 is 23.8 Å². The third kappa shape index (κ3) is 6.05. The van der Waals surface area contributed by atoms with Gasteiger partial charge in [0.15, 0.2) is 23.1 Å². The van der Waals surface area contributed by atoms with E-state index in [0.29, 0.717) is 82.9 Å². The number of halogens is 2. The van der Waals surface area contributed by atoms with Gasteiger partial charge in [-0.05, 0) is 47.9 Å². The van der Waals surface area contributed by atoms with Crippen LogP contribution in [-0.4, -0.2) is 18.2 Å². The number of ketones is 2. The Balaban J connectivity index is 1.65. The number of hydrogen-bond acceptors (Lipinski definition) is 5. The van der Waals surface area contributed by atoms with Gasteiger partial charge in [-0.25, -0.2) is 0 Å². The molecular weight excluding hydrogens is 571 g/mol. The highest BCUT2D eigenvalue weighted by molar-refractivity contribution is 6.35. The lowest BCUT2D eigenvalue weighted by atomic mass is 9.65. The summed E-state index contributed by atoms with van der Waals surface area (Å²) in [5.74, 6) is 2.01. The molecular formula is C35H38Cl2O5. The Morgan fingerprint density at radius 3 is 2.07 bits per heavy atom. The molecule has 0 saturated carbocycles. The molecule has 2 aromatic rings. The van der Waals surface area contributed by atoms with E-state index < -0.39 is 5.92 Å². The van der Waals surface area contributed by atoms with Crippen molar-refractivity contribution in [3.8, 4) is 11.5 Å². The van der Waals surface area contributed by atoms with Gasteiger partial charge in [-0.3, -0.25) is 9.59 Å². The van der Waals surface area contributed by atoms with Gasteiger partial charge in [0, 0.05) is 63.9 Å². The molecule has 42 heavy (non-hydrogen) atoms. The van der Waals surface area contributed by atoms with Crippen LogP contribution in [0.5, 0.6) is 11.5 Å². The summed E-state index contributed by atoms with van der Waals surface area (Å²) in [5, 5.41) is 1.07. The molecule has 0 bridgehead atoms. The lowest BCUT2D eigenvalue weighted by Gasteiger charge is -2.42. The van der Waals surface area contributed by atoms with Crippen molar-refractivity contribution in [3.05, 3.63) is 92.4 Å². The molecule has 5 rings (SSSR count). The van der Waals surface area contributed by atoms with Gasteiger partial charge in [0.1, 0.15) is 18.1 Å². The number of carbonyl (C=O) groups is 2. The van der Waals surface area contributed by atoms with Crippen LogP contribution in [0.2, 0.25) is 10.0 Å². The van der Waals surface area contributed by atoms with Crippen LogP contribution in [-0.2, 0) is 27.4 Å². The summed E-state index contributed by atoms with van der Waals surface area (Å²) in [5.41, 5.74) is 3.19. The zero-order valence-electron chi connectivity index (χ0n) is 25.0. The zero-order chi connectivity index (χ0) is 30.4. The lowest BCUT2D eigenvalue weighted by Crippen LogP contribution is -2.37. The molecule has 0 unspecified atom stereocenters. The van der Waals surface area contributed by atoms with E-state index in [0.717, 1.165) is 16.7 Å². The van der Waals surface area contributed by atoms with E-state index in [-0.39, 0.29) is 29.0 Å². The van der Waals surface area contributed by atoms with Gasteiger partial charge in [-0.15, -0.1) is 6.58 Å². The van der Waals surface area contributed by atoms with E-state index in [1.54, 1.807) is 18.2 Å². The Morgan fingerprint density at radius 2 is 1.52 bits per heavy atom. The Hall–Kier alpha value is -3.02. The van der Waals surface area contributed by atoms with Gasteiger partial charge in [0.2, 0.25) is 0 Å². The van der Waals surface area contributed by atoms with Gasteiger partial charge >= 0.3 is 0 Å². The Labute approximate surface area is 258 Å². The van der Waals surface area contributed by atoms with E-state index in [2.05, 4.69) is 34.3 Å². The molecule has 0 fully saturated rings. The minimum atomic E-state index is -0.529. The highest BCUT2D eigenvalue weighted by Crippen LogP contribution is 2.54. The summed E-state index contributed by atoms with van der Waals surface area (Å²) in [4.78, 5) is 27.5. The van der Waals surface area contributed by atoms with Crippen LogP contribution in [0.3, 0.4) is 0 Å². The number of ether oxygens (including phenoxy) is 3. The summed E-state index contributed by atoms with van der Waals surface area (Å²) in [6.07, 6.45) is 4.37. The fourth-order valence-electron chi connectivity index (χ4n) is 6.38. The van der Waals surface area contributed by atoms with Crippen molar-refractivity contribution in [1.82, 2.24) is 0 Å². The van der Waals surface area contributed by atoms with Crippen LogP contribution in [0.15, 0.2) is 65.7 Å². The summed E-state index contributed by atoms with van der Waals surface area (Å²) >= 11 is 12.5. The first kappa shape index (κ1) is 30.4. The summed E-state index contributed by atoms with van der Waals surface area (Å²) in [7, 11) is 0. The number of benzene rings is 2. The van der Waals surface area contributed by atoms with Crippen molar-refractivity contribution in [2.45, 2.75) is 79.2 Å². The van der Waals surface area contributed by atoms with E-state index in [1.807, 2.05) is 25.1 Å². The number of Topliss-reactive ketones (excluding diaryl/α,β-unsaturated/α-hetero) is 2. The maximum atomic E-state index is 13.8. The lowest BCUT2D eigenvalue weighted by molar-refractivity contribution is -0.120. The molecule has 2 aliphatic carbocycles. The van der Waals surface area contributed by atoms with Crippen molar-refractivity contribution in [2.24, 2.45) is 10.8 Å². The van der Waals surface area contributed by atoms with E-state index in [9.17, 15) is 9.59 Å². The van der Waals surface area contributed by atoms with Crippen LogP contribution in [0.4, 0.5) is 0 Å². The van der Waals surface area contributed by atoms with Crippen LogP contribution < -0.4 is 9.47 Å². The minimum Gasteiger partial charge on any atom is -0.490 e. The van der Waals surface area contributed by atoms with Crippen molar-refractivity contribution in [3.63, 3.8) is 0 Å². The molecule has 0 aromatic heterocycles. The second-order valence-electron chi connectivity index (χ2n) is 13.0. The van der Waals surface area contributed by atoms with Crippen molar-refractivity contribution in [2.75, 3.05) is 6.61 Å².